The molecule has 0 amide bonds. The molecule has 1 saturated carbocycles. The fourth-order valence-corrected chi connectivity index (χ4v) is 3.26. The largest absolute Gasteiger partial charge is 0.0658 e. The molecule has 0 saturated heterocycles. The maximum Gasteiger partial charge on any atom is -0.00995 e. The van der Waals surface area contributed by atoms with E-state index in [1.807, 2.05) is 0 Å². The van der Waals surface area contributed by atoms with E-state index in [9.17, 15) is 0 Å². The Morgan fingerprint density at radius 2 is 1.86 bits per heavy atom. The van der Waals surface area contributed by atoms with Crippen molar-refractivity contribution in [1.29, 1.82) is 0 Å². The standard InChI is InChI=1S/C14H18/c1-10-8-11-4-2-5-12(11)9-13-6-3-7-14(10)13/h9H,2-8H2,1H3. The quantitative estimate of drug-likeness (QED) is 0.529. The summed E-state index contributed by atoms with van der Waals surface area (Å²) in [5, 5.41) is 0. The fraction of sp³-hybridized carbons (Fsp3) is 0.571. The highest BCUT2D eigenvalue weighted by Gasteiger charge is 2.23. The van der Waals surface area contributed by atoms with E-state index in [1.54, 1.807) is 27.9 Å². The molecular formula is C14H18. The zero-order valence-corrected chi connectivity index (χ0v) is 9.03. The third-order valence-electron chi connectivity index (χ3n) is 3.98. The highest BCUT2D eigenvalue weighted by atomic mass is 14.3. The van der Waals surface area contributed by atoms with E-state index in [0.29, 0.717) is 0 Å². The lowest BCUT2D eigenvalue weighted by Crippen LogP contribution is -1.86. The molecule has 3 aliphatic carbocycles. The first-order valence-corrected chi connectivity index (χ1v) is 5.95. The summed E-state index contributed by atoms with van der Waals surface area (Å²) in [6, 6.07) is 0. The molecule has 0 aromatic heterocycles. The van der Waals surface area contributed by atoms with Gasteiger partial charge in [0, 0.05) is 0 Å². The molecule has 0 nitrogen and oxygen atoms in total. The van der Waals surface area contributed by atoms with E-state index >= 15 is 0 Å². The summed E-state index contributed by atoms with van der Waals surface area (Å²) in [4.78, 5) is 0. The van der Waals surface area contributed by atoms with Crippen molar-refractivity contribution in [2.75, 3.05) is 0 Å². The van der Waals surface area contributed by atoms with Crippen LogP contribution in [0.4, 0.5) is 0 Å². The van der Waals surface area contributed by atoms with Gasteiger partial charge in [-0.25, -0.2) is 0 Å². The van der Waals surface area contributed by atoms with Gasteiger partial charge < -0.3 is 0 Å². The molecule has 1 fully saturated rings. The van der Waals surface area contributed by atoms with Crippen LogP contribution in [0.25, 0.3) is 0 Å². The molecule has 74 valence electrons. The van der Waals surface area contributed by atoms with Crippen molar-refractivity contribution in [3.05, 3.63) is 33.9 Å². The average molecular weight is 186 g/mol. The number of fused-ring (bicyclic) bond motifs is 1. The van der Waals surface area contributed by atoms with Crippen molar-refractivity contribution in [3.63, 3.8) is 0 Å². The Balaban J connectivity index is 2.08. The molecule has 3 aliphatic rings. The number of hydrogen-bond donors (Lipinski definition) is 0. The van der Waals surface area contributed by atoms with Crippen LogP contribution in [0.3, 0.4) is 0 Å². The molecule has 0 radical (unpaired) electrons. The minimum atomic E-state index is 1.28. The molecule has 3 rings (SSSR count). The van der Waals surface area contributed by atoms with Gasteiger partial charge in [0.25, 0.3) is 0 Å². The first-order valence-electron chi connectivity index (χ1n) is 5.95. The van der Waals surface area contributed by atoms with E-state index in [1.165, 1.54) is 44.9 Å². The van der Waals surface area contributed by atoms with E-state index in [4.69, 9.17) is 0 Å². The van der Waals surface area contributed by atoms with Crippen LogP contribution in [0.15, 0.2) is 33.9 Å². The zero-order valence-electron chi connectivity index (χ0n) is 9.03. The van der Waals surface area contributed by atoms with Gasteiger partial charge in [-0.3, -0.25) is 0 Å². The van der Waals surface area contributed by atoms with Gasteiger partial charge in [0.15, 0.2) is 0 Å². The second-order valence-electron chi connectivity index (χ2n) is 4.94. The molecule has 0 atom stereocenters. The van der Waals surface area contributed by atoms with Crippen LogP contribution in [-0.4, -0.2) is 0 Å². The summed E-state index contributed by atoms with van der Waals surface area (Å²) < 4.78 is 0. The smallest absolute Gasteiger partial charge is 0.00995 e. The van der Waals surface area contributed by atoms with Gasteiger partial charge in [-0.15, -0.1) is 0 Å². The lowest BCUT2D eigenvalue weighted by Gasteiger charge is -2.06. The predicted octanol–water partition coefficient (Wildman–Crippen LogP) is 4.30. The lowest BCUT2D eigenvalue weighted by atomic mass is 10.00. The summed E-state index contributed by atoms with van der Waals surface area (Å²) in [6.45, 7) is 2.35. The SMILES string of the molecule is CC1=C2CCCC2=CC2=C(CCC2)C1. The monoisotopic (exact) mass is 186 g/mol. The maximum absolute atomic E-state index is 2.53. The first kappa shape index (κ1) is 8.52. The summed E-state index contributed by atoms with van der Waals surface area (Å²) in [5.41, 5.74) is 8.49. The third-order valence-corrected chi connectivity index (χ3v) is 3.98. The van der Waals surface area contributed by atoms with Gasteiger partial charge in [-0.2, -0.15) is 0 Å². The van der Waals surface area contributed by atoms with Crippen molar-refractivity contribution in [1.82, 2.24) is 0 Å². The van der Waals surface area contributed by atoms with Gasteiger partial charge in [-0.05, 0) is 68.6 Å². The second kappa shape index (κ2) is 3.12. The van der Waals surface area contributed by atoms with Crippen LogP contribution in [0.2, 0.25) is 0 Å². The zero-order chi connectivity index (χ0) is 9.54. The van der Waals surface area contributed by atoms with Crippen molar-refractivity contribution in [2.24, 2.45) is 0 Å². The van der Waals surface area contributed by atoms with Crippen molar-refractivity contribution < 1.29 is 0 Å². The molecular weight excluding hydrogens is 168 g/mol. The van der Waals surface area contributed by atoms with Crippen LogP contribution in [0.1, 0.15) is 51.9 Å². The fourth-order valence-electron chi connectivity index (χ4n) is 3.26. The highest BCUT2D eigenvalue weighted by molar-refractivity contribution is 5.49. The summed E-state index contributed by atoms with van der Waals surface area (Å²) in [6.07, 6.45) is 12.0. The Bertz CT molecular complexity index is 363. The topological polar surface area (TPSA) is 0 Å². The Morgan fingerprint density at radius 1 is 1.00 bits per heavy atom. The molecule has 0 spiro atoms. The van der Waals surface area contributed by atoms with Gasteiger partial charge in [-0.1, -0.05) is 17.2 Å². The Labute approximate surface area is 86.4 Å². The molecule has 0 aromatic rings. The minimum Gasteiger partial charge on any atom is -0.0658 e. The molecule has 0 N–H and O–H groups in total. The summed E-state index contributed by atoms with van der Waals surface area (Å²) >= 11 is 0. The number of allylic oxidation sites excluding steroid dienone is 6. The second-order valence-corrected chi connectivity index (χ2v) is 4.94. The number of hydrogen-bond acceptors (Lipinski definition) is 0. The Morgan fingerprint density at radius 3 is 2.79 bits per heavy atom. The van der Waals surface area contributed by atoms with E-state index < -0.39 is 0 Å². The summed E-state index contributed by atoms with van der Waals surface area (Å²) in [7, 11) is 0. The lowest BCUT2D eigenvalue weighted by molar-refractivity contribution is 0.874. The molecule has 14 heavy (non-hydrogen) atoms. The van der Waals surface area contributed by atoms with Crippen molar-refractivity contribution in [3.8, 4) is 0 Å². The molecule has 0 heteroatoms. The Kier molecular flexibility index (Phi) is 1.90. The van der Waals surface area contributed by atoms with Gasteiger partial charge in [0.2, 0.25) is 0 Å². The van der Waals surface area contributed by atoms with Gasteiger partial charge >= 0.3 is 0 Å². The molecule has 0 aromatic carbocycles. The van der Waals surface area contributed by atoms with E-state index in [0.717, 1.165) is 0 Å². The van der Waals surface area contributed by atoms with Crippen LogP contribution >= 0.6 is 0 Å². The molecule has 0 unspecified atom stereocenters. The highest BCUT2D eigenvalue weighted by Crippen LogP contribution is 2.42. The molecule has 0 heterocycles. The minimum absolute atomic E-state index is 1.28. The first-order chi connectivity index (χ1) is 6.84. The van der Waals surface area contributed by atoms with Gasteiger partial charge in [0.05, 0.1) is 0 Å². The number of rotatable bonds is 0. The normalized spacial score (nSPS) is 26.2. The van der Waals surface area contributed by atoms with Gasteiger partial charge in [0.1, 0.15) is 0 Å². The van der Waals surface area contributed by atoms with E-state index in [-0.39, 0.29) is 0 Å². The van der Waals surface area contributed by atoms with E-state index in [2.05, 4.69) is 13.0 Å². The van der Waals surface area contributed by atoms with Crippen LogP contribution < -0.4 is 0 Å². The molecule has 0 bridgehead atoms. The van der Waals surface area contributed by atoms with Crippen LogP contribution in [0.5, 0.6) is 0 Å². The maximum atomic E-state index is 2.53. The predicted molar refractivity (Wildman–Crippen MR) is 60.1 cm³/mol. The molecule has 0 aliphatic heterocycles. The third kappa shape index (κ3) is 1.20. The van der Waals surface area contributed by atoms with Crippen LogP contribution in [-0.2, 0) is 0 Å². The summed E-state index contributed by atoms with van der Waals surface area (Å²) in [5.74, 6) is 0. The van der Waals surface area contributed by atoms with Crippen LogP contribution in [0, 0.1) is 0 Å². The Hall–Kier alpha value is -0.780. The van der Waals surface area contributed by atoms with Crippen molar-refractivity contribution >= 4 is 0 Å². The average Bonchev–Trinajstić information content (AvgIpc) is 2.75. The van der Waals surface area contributed by atoms with Crippen molar-refractivity contribution in [2.45, 2.75) is 51.9 Å².